The van der Waals surface area contributed by atoms with Crippen LogP contribution >= 0.6 is 23.2 Å². The largest absolute Gasteiger partial charge is 0.495 e. The molecule has 192 valence electrons. The first-order valence-corrected chi connectivity index (χ1v) is 13.0. The first-order valence-electron chi connectivity index (χ1n) is 12.3. The van der Waals surface area contributed by atoms with Gasteiger partial charge in [0.25, 0.3) is 11.8 Å². The van der Waals surface area contributed by atoms with Gasteiger partial charge in [0, 0.05) is 48.6 Å². The van der Waals surface area contributed by atoms with Crippen LogP contribution in [-0.2, 0) is 0 Å². The number of anilines is 3. The molecule has 9 heteroatoms. The highest BCUT2D eigenvalue weighted by Gasteiger charge is 2.28. The fourth-order valence-electron chi connectivity index (χ4n) is 4.51. The Bertz CT molecular complexity index is 1320. The van der Waals surface area contributed by atoms with Gasteiger partial charge >= 0.3 is 0 Å². The summed E-state index contributed by atoms with van der Waals surface area (Å²) in [6.07, 6.45) is 1.98. The highest BCUT2D eigenvalue weighted by atomic mass is 35.5. The lowest BCUT2D eigenvalue weighted by molar-refractivity contribution is 0.0950. The molecule has 0 bridgehead atoms. The molecule has 2 fully saturated rings. The molecule has 0 atom stereocenters. The van der Waals surface area contributed by atoms with E-state index in [2.05, 4.69) is 26.5 Å². The van der Waals surface area contributed by atoms with Crippen LogP contribution in [0.1, 0.15) is 33.6 Å². The SMILES string of the molecule is COc1ccccc1N1CCN(c2ccc(NC(=O)c3ccc(Cl)cc3Cl)cc2C(=O)NC2CC2)CC1. The third kappa shape index (κ3) is 5.78. The van der Waals surface area contributed by atoms with E-state index in [0.29, 0.717) is 21.8 Å². The molecular weight excluding hydrogens is 511 g/mol. The van der Waals surface area contributed by atoms with Gasteiger partial charge in [-0.3, -0.25) is 9.59 Å². The van der Waals surface area contributed by atoms with Gasteiger partial charge in [-0.05, 0) is 61.4 Å². The van der Waals surface area contributed by atoms with E-state index in [1.54, 1.807) is 25.3 Å². The molecule has 0 unspecified atom stereocenters. The van der Waals surface area contributed by atoms with Crippen LogP contribution in [0.15, 0.2) is 60.7 Å². The zero-order chi connectivity index (χ0) is 25.9. The summed E-state index contributed by atoms with van der Waals surface area (Å²) in [7, 11) is 1.68. The molecule has 7 nitrogen and oxygen atoms in total. The number of nitrogens with one attached hydrogen (secondary N) is 2. The molecule has 1 heterocycles. The molecule has 3 aromatic carbocycles. The third-order valence-electron chi connectivity index (χ3n) is 6.63. The van der Waals surface area contributed by atoms with Gasteiger partial charge in [0.2, 0.25) is 0 Å². The van der Waals surface area contributed by atoms with Crippen LogP contribution in [0, 0.1) is 0 Å². The minimum Gasteiger partial charge on any atom is -0.495 e. The van der Waals surface area contributed by atoms with Crippen molar-refractivity contribution < 1.29 is 14.3 Å². The normalized spacial score (nSPS) is 15.3. The van der Waals surface area contributed by atoms with Gasteiger partial charge in [0.05, 0.1) is 28.9 Å². The summed E-state index contributed by atoms with van der Waals surface area (Å²) in [5, 5.41) is 6.67. The number of para-hydroxylation sites is 2. The molecule has 0 aromatic heterocycles. The average Bonchev–Trinajstić information content (AvgIpc) is 3.72. The highest BCUT2D eigenvalue weighted by Crippen LogP contribution is 2.32. The van der Waals surface area contributed by atoms with Crippen LogP contribution in [0.2, 0.25) is 10.0 Å². The second-order valence-corrected chi connectivity index (χ2v) is 10.0. The van der Waals surface area contributed by atoms with Crippen molar-refractivity contribution in [2.75, 3.05) is 48.4 Å². The lowest BCUT2D eigenvalue weighted by Gasteiger charge is -2.38. The van der Waals surface area contributed by atoms with E-state index in [4.69, 9.17) is 27.9 Å². The van der Waals surface area contributed by atoms with E-state index in [-0.39, 0.29) is 22.9 Å². The van der Waals surface area contributed by atoms with E-state index in [9.17, 15) is 9.59 Å². The molecule has 1 saturated heterocycles. The number of amides is 2. The predicted molar refractivity (Wildman–Crippen MR) is 149 cm³/mol. The number of nitrogens with zero attached hydrogens (tertiary/aromatic N) is 2. The van der Waals surface area contributed by atoms with E-state index in [1.165, 1.54) is 6.07 Å². The number of hydrogen-bond donors (Lipinski definition) is 2. The maximum Gasteiger partial charge on any atom is 0.257 e. The molecule has 2 aliphatic rings. The minimum absolute atomic E-state index is 0.134. The maximum absolute atomic E-state index is 13.2. The Morgan fingerprint density at radius 2 is 1.54 bits per heavy atom. The number of piperazine rings is 1. The van der Waals surface area contributed by atoms with Crippen molar-refractivity contribution in [3.05, 3.63) is 81.8 Å². The topological polar surface area (TPSA) is 73.9 Å². The predicted octanol–water partition coefficient (Wildman–Crippen LogP) is 5.47. The quantitative estimate of drug-likeness (QED) is 0.417. The average molecular weight is 539 g/mol. The van der Waals surface area contributed by atoms with Gasteiger partial charge in [-0.15, -0.1) is 0 Å². The summed E-state index contributed by atoms with van der Waals surface area (Å²) in [6, 6.07) is 18.4. The van der Waals surface area contributed by atoms with Crippen LogP contribution in [0.5, 0.6) is 5.75 Å². The van der Waals surface area contributed by atoms with Crippen LogP contribution in [0.4, 0.5) is 17.1 Å². The van der Waals surface area contributed by atoms with Crippen molar-refractivity contribution in [3.8, 4) is 5.75 Å². The fraction of sp³-hybridized carbons (Fsp3) is 0.286. The molecule has 2 N–H and O–H groups in total. The van der Waals surface area contributed by atoms with Crippen molar-refractivity contribution in [1.82, 2.24) is 5.32 Å². The molecule has 5 rings (SSSR count). The van der Waals surface area contributed by atoms with Crippen LogP contribution in [-0.4, -0.2) is 51.1 Å². The van der Waals surface area contributed by atoms with Crippen molar-refractivity contribution in [1.29, 1.82) is 0 Å². The second kappa shape index (κ2) is 10.9. The molecule has 2 amide bonds. The van der Waals surface area contributed by atoms with Crippen molar-refractivity contribution in [3.63, 3.8) is 0 Å². The van der Waals surface area contributed by atoms with Gasteiger partial charge in [0.1, 0.15) is 5.75 Å². The summed E-state index contributed by atoms with van der Waals surface area (Å²) < 4.78 is 5.54. The first-order chi connectivity index (χ1) is 17.9. The number of methoxy groups -OCH3 is 1. The number of carbonyl (C=O) groups excluding carboxylic acids is 2. The van der Waals surface area contributed by atoms with Gasteiger partial charge in [0.15, 0.2) is 0 Å². The monoisotopic (exact) mass is 538 g/mol. The Labute approximate surface area is 226 Å². The standard InChI is InChI=1S/C28H28Cl2N4O3/c1-37-26-5-3-2-4-25(26)34-14-12-33(13-15-34)24-11-9-20(17-22(24)28(36)31-19-7-8-19)32-27(35)21-10-6-18(29)16-23(21)30/h2-6,9-11,16-17,19H,7-8,12-15H2,1H3,(H,31,36)(H,32,35). The Hall–Kier alpha value is -3.42. The lowest BCUT2D eigenvalue weighted by Crippen LogP contribution is -2.47. The minimum atomic E-state index is -0.367. The van der Waals surface area contributed by atoms with E-state index >= 15 is 0 Å². The van der Waals surface area contributed by atoms with Gasteiger partial charge in [-0.25, -0.2) is 0 Å². The Balaban J connectivity index is 1.36. The fourth-order valence-corrected chi connectivity index (χ4v) is 5.01. The Kier molecular flexibility index (Phi) is 7.44. The Morgan fingerprint density at radius 1 is 0.838 bits per heavy atom. The summed E-state index contributed by atoms with van der Waals surface area (Å²) in [6.45, 7) is 3.07. The number of halogens is 2. The van der Waals surface area contributed by atoms with Crippen molar-refractivity contribution in [2.24, 2.45) is 0 Å². The summed E-state index contributed by atoms with van der Waals surface area (Å²) in [4.78, 5) is 30.6. The third-order valence-corrected chi connectivity index (χ3v) is 7.18. The molecule has 0 spiro atoms. The lowest BCUT2D eigenvalue weighted by atomic mass is 10.1. The van der Waals surface area contributed by atoms with Crippen molar-refractivity contribution in [2.45, 2.75) is 18.9 Å². The second-order valence-electron chi connectivity index (χ2n) is 9.20. The highest BCUT2D eigenvalue weighted by molar-refractivity contribution is 6.37. The van der Waals surface area contributed by atoms with E-state index in [1.807, 2.05) is 30.3 Å². The molecule has 1 aliphatic heterocycles. The summed E-state index contributed by atoms with van der Waals surface area (Å²) in [5.41, 5.74) is 3.29. The van der Waals surface area contributed by atoms with Gasteiger partial charge < -0.3 is 25.2 Å². The summed E-state index contributed by atoms with van der Waals surface area (Å²) >= 11 is 12.2. The van der Waals surface area contributed by atoms with Crippen LogP contribution in [0.3, 0.4) is 0 Å². The number of hydrogen-bond acceptors (Lipinski definition) is 5. The van der Waals surface area contributed by atoms with E-state index < -0.39 is 0 Å². The van der Waals surface area contributed by atoms with E-state index in [0.717, 1.165) is 56.1 Å². The summed E-state index contributed by atoms with van der Waals surface area (Å²) in [5.74, 6) is 0.347. The van der Waals surface area contributed by atoms with Gasteiger partial charge in [-0.2, -0.15) is 0 Å². The molecular formula is C28H28Cl2N4O3. The molecule has 37 heavy (non-hydrogen) atoms. The molecule has 1 saturated carbocycles. The number of carbonyl (C=O) groups is 2. The zero-order valence-electron chi connectivity index (χ0n) is 20.5. The van der Waals surface area contributed by atoms with Gasteiger partial charge in [-0.1, -0.05) is 35.3 Å². The van der Waals surface area contributed by atoms with Crippen molar-refractivity contribution >= 4 is 52.1 Å². The Morgan fingerprint density at radius 3 is 2.22 bits per heavy atom. The molecule has 0 radical (unpaired) electrons. The molecule has 1 aliphatic carbocycles. The first kappa shape index (κ1) is 25.2. The smallest absolute Gasteiger partial charge is 0.257 e. The number of rotatable bonds is 7. The maximum atomic E-state index is 13.2. The number of benzene rings is 3. The zero-order valence-corrected chi connectivity index (χ0v) is 22.0. The molecule has 3 aromatic rings. The van der Waals surface area contributed by atoms with Crippen LogP contribution in [0.25, 0.3) is 0 Å². The van der Waals surface area contributed by atoms with Crippen LogP contribution < -0.4 is 25.2 Å². The number of ether oxygens (including phenoxy) is 1.